The molecule has 2 heterocycles. The molecule has 2 rings (SSSR count). The first-order valence-corrected chi connectivity index (χ1v) is 7.97. The van der Waals surface area contributed by atoms with Gasteiger partial charge >= 0.3 is 6.01 Å². The summed E-state index contributed by atoms with van der Waals surface area (Å²) in [7, 11) is 1.55. The average Bonchev–Trinajstić information content (AvgIpc) is 2.98. The van der Waals surface area contributed by atoms with E-state index in [-0.39, 0.29) is 0 Å². The SMILES string of the molecule is CCCNc1nc(NCc2sccc2CC)nc(OC)n1. The van der Waals surface area contributed by atoms with Crippen molar-refractivity contribution in [1.29, 1.82) is 0 Å². The second kappa shape index (κ2) is 7.78. The van der Waals surface area contributed by atoms with E-state index in [0.717, 1.165) is 19.4 Å². The first kappa shape index (κ1) is 15.5. The summed E-state index contributed by atoms with van der Waals surface area (Å²) in [5, 5.41) is 8.50. The molecule has 0 amide bonds. The van der Waals surface area contributed by atoms with Crippen LogP contribution in [0.1, 0.15) is 30.7 Å². The molecule has 2 aromatic rings. The number of hydrogen-bond acceptors (Lipinski definition) is 7. The molecule has 0 aliphatic carbocycles. The average molecular weight is 307 g/mol. The summed E-state index contributed by atoms with van der Waals surface area (Å²) in [4.78, 5) is 14.1. The van der Waals surface area contributed by atoms with E-state index in [4.69, 9.17) is 4.74 Å². The number of ether oxygens (including phenoxy) is 1. The van der Waals surface area contributed by atoms with Crippen LogP contribution in [0.25, 0.3) is 0 Å². The number of nitrogens with zero attached hydrogens (tertiary/aromatic N) is 3. The molecule has 21 heavy (non-hydrogen) atoms. The van der Waals surface area contributed by atoms with E-state index in [1.165, 1.54) is 10.4 Å². The van der Waals surface area contributed by atoms with Crippen molar-refractivity contribution in [2.45, 2.75) is 33.2 Å². The summed E-state index contributed by atoms with van der Waals surface area (Å²) in [6, 6.07) is 2.47. The zero-order chi connectivity index (χ0) is 15.1. The van der Waals surface area contributed by atoms with Crippen LogP contribution >= 0.6 is 11.3 Å². The lowest BCUT2D eigenvalue weighted by atomic mass is 10.2. The molecule has 2 aromatic heterocycles. The molecule has 0 spiro atoms. The highest BCUT2D eigenvalue weighted by Gasteiger charge is 2.08. The zero-order valence-electron chi connectivity index (χ0n) is 12.6. The van der Waals surface area contributed by atoms with Gasteiger partial charge in [-0.15, -0.1) is 11.3 Å². The number of methoxy groups -OCH3 is 1. The third-order valence-electron chi connectivity index (χ3n) is 2.96. The quantitative estimate of drug-likeness (QED) is 0.781. The standard InChI is InChI=1S/C14H21N5OS/c1-4-7-15-12-17-13(19-14(18-12)20-3)16-9-11-10(5-2)6-8-21-11/h6,8H,4-5,7,9H2,1-3H3,(H2,15,16,17,18,19). The molecule has 0 radical (unpaired) electrons. The van der Waals surface area contributed by atoms with Crippen molar-refractivity contribution in [2.75, 3.05) is 24.3 Å². The van der Waals surface area contributed by atoms with Gasteiger partial charge in [-0.25, -0.2) is 0 Å². The van der Waals surface area contributed by atoms with Crippen molar-refractivity contribution >= 4 is 23.2 Å². The molecule has 0 bridgehead atoms. The highest BCUT2D eigenvalue weighted by molar-refractivity contribution is 7.10. The number of rotatable bonds is 8. The Hall–Kier alpha value is -1.89. The number of hydrogen-bond donors (Lipinski definition) is 2. The first-order chi connectivity index (χ1) is 10.3. The van der Waals surface area contributed by atoms with Crippen molar-refractivity contribution < 1.29 is 4.74 Å². The van der Waals surface area contributed by atoms with Gasteiger partial charge in [0.2, 0.25) is 11.9 Å². The van der Waals surface area contributed by atoms with Gasteiger partial charge in [0, 0.05) is 11.4 Å². The Balaban J connectivity index is 2.07. The fourth-order valence-electron chi connectivity index (χ4n) is 1.84. The Morgan fingerprint density at radius 2 is 1.90 bits per heavy atom. The monoisotopic (exact) mass is 307 g/mol. The van der Waals surface area contributed by atoms with E-state index in [1.54, 1.807) is 18.4 Å². The number of aromatic nitrogens is 3. The smallest absolute Gasteiger partial charge is 0.322 e. The number of anilines is 2. The van der Waals surface area contributed by atoms with Crippen LogP contribution < -0.4 is 15.4 Å². The lowest BCUT2D eigenvalue weighted by molar-refractivity contribution is 0.379. The van der Waals surface area contributed by atoms with E-state index in [9.17, 15) is 0 Å². The Bertz CT molecular complexity index is 572. The van der Waals surface area contributed by atoms with Crippen LogP contribution in [-0.2, 0) is 13.0 Å². The fraction of sp³-hybridized carbons (Fsp3) is 0.500. The molecule has 2 N–H and O–H groups in total. The summed E-state index contributed by atoms with van der Waals surface area (Å²) in [6.07, 6.45) is 2.04. The van der Waals surface area contributed by atoms with Gasteiger partial charge in [-0.05, 0) is 29.9 Å². The van der Waals surface area contributed by atoms with Crippen molar-refractivity contribution in [2.24, 2.45) is 0 Å². The van der Waals surface area contributed by atoms with Crippen LogP contribution in [0.4, 0.5) is 11.9 Å². The van der Waals surface area contributed by atoms with Gasteiger partial charge < -0.3 is 15.4 Å². The predicted octanol–water partition coefficient (Wildman–Crippen LogP) is 2.94. The maximum absolute atomic E-state index is 5.12. The fourth-order valence-corrected chi connectivity index (χ4v) is 2.76. The minimum atomic E-state index is 0.313. The number of aryl methyl sites for hydroxylation is 1. The normalized spacial score (nSPS) is 10.4. The highest BCUT2D eigenvalue weighted by atomic mass is 32.1. The maximum atomic E-state index is 5.12. The first-order valence-electron chi connectivity index (χ1n) is 7.09. The topological polar surface area (TPSA) is 72.0 Å². The molecule has 0 saturated carbocycles. The molecule has 0 aromatic carbocycles. The van der Waals surface area contributed by atoms with Crippen molar-refractivity contribution in [1.82, 2.24) is 15.0 Å². The molecule has 7 heteroatoms. The molecule has 6 nitrogen and oxygen atoms in total. The second-order valence-corrected chi connectivity index (χ2v) is 5.47. The number of nitrogens with one attached hydrogen (secondary N) is 2. The lowest BCUT2D eigenvalue weighted by Crippen LogP contribution is -2.10. The van der Waals surface area contributed by atoms with E-state index in [1.807, 2.05) is 0 Å². The summed E-state index contributed by atoms with van der Waals surface area (Å²) >= 11 is 1.74. The number of thiophene rings is 1. The minimum absolute atomic E-state index is 0.313. The Kier molecular flexibility index (Phi) is 5.74. The molecule has 0 aliphatic rings. The van der Waals surface area contributed by atoms with Crippen LogP contribution in [0, 0.1) is 0 Å². The summed E-state index contributed by atoms with van der Waals surface area (Å²) < 4.78 is 5.12. The minimum Gasteiger partial charge on any atom is -0.467 e. The Morgan fingerprint density at radius 3 is 2.57 bits per heavy atom. The second-order valence-electron chi connectivity index (χ2n) is 4.47. The molecular formula is C14H21N5OS. The van der Waals surface area contributed by atoms with Gasteiger partial charge in [0.1, 0.15) is 0 Å². The molecule has 0 unspecified atom stereocenters. The van der Waals surface area contributed by atoms with Crippen LogP contribution in [0.15, 0.2) is 11.4 Å². The zero-order valence-corrected chi connectivity index (χ0v) is 13.5. The third kappa shape index (κ3) is 4.29. The van der Waals surface area contributed by atoms with Gasteiger partial charge in [0.25, 0.3) is 0 Å². The highest BCUT2D eigenvalue weighted by Crippen LogP contribution is 2.19. The predicted molar refractivity (Wildman–Crippen MR) is 86.2 cm³/mol. The van der Waals surface area contributed by atoms with Gasteiger partial charge in [-0.3, -0.25) is 0 Å². The van der Waals surface area contributed by atoms with Gasteiger partial charge in [0.15, 0.2) is 0 Å². The Labute approximate surface area is 129 Å². The summed E-state index contributed by atoms with van der Waals surface area (Å²) in [5.41, 5.74) is 1.36. The molecule has 0 atom stereocenters. The van der Waals surface area contributed by atoms with Gasteiger partial charge in [0.05, 0.1) is 13.7 Å². The van der Waals surface area contributed by atoms with Crippen molar-refractivity contribution in [3.05, 3.63) is 21.9 Å². The molecule has 0 fully saturated rings. The van der Waals surface area contributed by atoms with Crippen LogP contribution in [0.5, 0.6) is 6.01 Å². The van der Waals surface area contributed by atoms with Crippen molar-refractivity contribution in [3.8, 4) is 6.01 Å². The van der Waals surface area contributed by atoms with Crippen LogP contribution in [0.3, 0.4) is 0 Å². The summed E-state index contributed by atoms with van der Waals surface area (Å²) in [6.45, 7) is 5.77. The van der Waals surface area contributed by atoms with Crippen molar-refractivity contribution in [3.63, 3.8) is 0 Å². The molecular weight excluding hydrogens is 286 g/mol. The van der Waals surface area contributed by atoms with Gasteiger partial charge in [-0.2, -0.15) is 15.0 Å². The van der Waals surface area contributed by atoms with E-state index in [0.29, 0.717) is 24.5 Å². The van der Waals surface area contributed by atoms with E-state index < -0.39 is 0 Å². The largest absolute Gasteiger partial charge is 0.467 e. The maximum Gasteiger partial charge on any atom is 0.322 e. The lowest BCUT2D eigenvalue weighted by Gasteiger charge is -2.09. The van der Waals surface area contributed by atoms with Gasteiger partial charge in [-0.1, -0.05) is 13.8 Å². The van der Waals surface area contributed by atoms with E-state index >= 15 is 0 Å². The van der Waals surface area contributed by atoms with Crippen LogP contribution in [-0.4, -0.2) is 28.6 Å². The molecule has 0 aliphatic heterocycles. The molecule has 0 saturated heterocycles. The van der Waals surface area contributed by atoms with E-state index in [2.05, 4.69) is 50.9 Å². The third-order valence-corrected chi connectivity index (χ3v) is 3.92. The summed E-state index contributed by atoms with van der Waals surface area (Å²) in [5.74, 6) is 1.06. The molecule has 114 valence electrons. The Morgan fingerprint density at radius 1 is 1.14 bits per heavy atom. The van der Waals surface area contributed by atoms with Crippen LogP contribution in [0.2, 0.25) is 0 Å².